The molecule has 1 aromatic rings. The van der Waals surface area contributed by atoms with Crippen molar-refractivity contribution in [1.29, 1.82) is 0 Å². The maximum absolute atomic E-state index is 13.1. The van der Waals surface area contributed by atoms with Crippen LogP contribution in [0.15, 0.2) is 24.3 Å². The van der Waals surface area contributed by atoms with E-state index in [0.29, 0.717) is 13.1 Å². The SMILES string of the molecule is CCCCCNC(=O)[C@@H](C)N(Cc1ccc(F)cc1)C(=O)C(C)C. The van der Waals surface area contributed by atoms with Crippen LogP contribution in [0, 0.1) is 11.7 Å². The van der Waals surface area contributed by atoms with Gasteiger partial charge < -0.3 is 10.2 Å². The van der Waals surface area contributed by atoms with Crippen molar-refractivity contribution in [3.63, 3.8) is 0 Å². The predicted molar refractivity (Wildman–Crippen MR) is 93.8 cm³/mol. The van der Waals surface area contributed by atoms with Gasteiger partial charge in [0.2, 0.25) is 11.8 Å². The molecule has 0 saturated heterocycles. The van der Waals surface area contributed by atoms with E-state index in [9.17, 15) is 14.0 Å². The van der Waals surface area contributed by atoms with E-state index in [1.807, 2.05) is 13.8 Å². The molecule has 0 radical (unpaired) electrons. The Morgan fingerprint density at radius 1 is 1.12 bits per heavy atom. The molecule has 24 heavy (non-hydrogen) atoms. The van der Waals surface area contributed by atoms with E-state index in [4.69, 9.17) is 0 Å². The average molecular weight is 336 g/mol. The van der Waals surface area contributed by atoms with Crippen molar-refractivity contribution in [3.8, 4) is 0 Å². The summed E-state index contributed by atoms with van der Waals surface area (Å²) in [6.45, 7) is 8.38. The number of hydrogen-bond donors (Lipinski definition) is 1. The number of amides is 2. The number of nitrogens with one attached hydrogen (secondary N) is 1. The summed E-state index contributed by atoms with van der Waals surface area (Å²) >= 11 is 0. The standard InChI is InChI=1S/C19H29FN2O2/c1-5-6-7-12-21-18(23)15(4)22(19(24)14(2)3)13-16-8-10-17(20)11-9-16/h8-11,14-15H,5-7,12-13H2,1-4H3,(H,21,23)/t15-/m1/s1. The first-order valence-corrected chi connectivity index (χ1v) is 8.69. The van der Waals surface area contributed by atoms with Crippen LogP contribution in [0.5, 0.6) is 0 Å². The minimum absolute atomic E-state index is 0.0875. The molecule has 1 rings (SSSR count). The normalized spacial score (nSPS) is 12.1. The Balaban J connectivity index is 2.78. The average Bonchev–Trinajstić information content (AvgIpc) is 2.56. The lowest BCUT2D eigenvalue weighted by molar-refractivity contribution is -0.143. The molecule has 5 heteroatoms. The maximum Gasteiger partial charge on any atom is 0.242 e. The molecule has 0 aromatic heterocycles. The molecule has 0 aliphatic carbocycles. The number of carbonyl (C=O) groups excluding carboxylic acids is 2. The lowest BCUT2D eigenvalue weighted by Gasteiger charge is -2.30. The lowest BCUT2D eigenvalue weighted by Crippen LogP contribution is -2.49. The van der Waals surface area contributed by atoms with E-state index in [1.165, 1.54) is 12.1 Å². The zero-order chi connectivity index (χ0) is 18.1. The Kier molecular flexibility index (Phi) is 8.44. The van der Waals surface area contributed by atoms with Gasteiger partial charge in [-0.15, -0.1) is 0 Å². The minimum Gasteiger partial charge on any atom is -0.354 e. The first-order chi connectivity index (χ1) is 11.4. The Bertz CT molecular complexity index is 529. The third-order valence-corrected chi connectivity index (χ3v) is 3.97. The van der Waals surface area contributed by atoms with Crippen LogP contribution in [0.25, 0.3) is 0 Å². The van der Waals surface area contributed by atoms with Crippen molar-refractivity contribution in [1.82, 2.24) is 10.2 Å². The third-order valence-electron chi connectivity index (χ3n) is 3.97. The van der Waals surface area contributed by atoms with Crippen molar-refractivity contribution < 1.29 is 14.0 Å². The van der Waals surface area contributed by atoms with Gasteiger partial charge in [0.25, 0.3) is 0 Å². The van der Waals surface area contributed by atoms with Gasteiger partial charge >= 0.3 is 0 Å². The number of hydrogen-bond acceptors (Lipinski definition) is 2. The fourth-order valence-electron chi connectivity index (χ4n) is 2.40. The second-order valence-electron chi connectivity index (χ2n) is 6.42. The molecular formula is C19H29FN2O2. The van der Waals surface area contributed by atoms with Gasteiger partial charge in [0.1, 0.15) is 11.9 Å². The van der Waals surface area contributed by atoms with Crippen LogP contribution in [-0.2, 0) is 16.1 Å². The van der Waals surface area contributed by atoms with Crippen LogP contribution in [0.4, 0.5) is 4.39 Å². The van der Waals surface area contributed by atoms with Gasteiger partial charge in [-0.25, -0.2) is 4.39 Å². The summed E-state index contributed by atoms with van der Waals surface area (Å²) in [4.78, 5) is 26.4. The number of halogens is 1. The molecule has 0 aliphatic heterocycles. The molecular weight excluding hydrogens is 307 g/mol. The minimum atomic E-state index is -0.563. The van der Waals surface area contributed by atoms with Gasteiger partial charge in [-0.3, -0.25) is 9.59 Å². The summed E-state index contributed by atoms with van der Waals surface area (Å²) < 4.78 is 13.1. The number of unbranched alkanes of at least 4 members (excludes halogenated alkanes) is 2. The summed E-state index contributed by atoms with van der Waals surface area (Å²) in [5, 5.41) is 2.89. The molecule has 0 bridgehead atoms. The van der Waals surface area contributed by atoms with Crippen molar-refractivity contribution in [2.45, 2.75) is 59.5 Å². The monoisotopic (exact) mass is 336 g/mol. The summed E-state index contributed by atoms with van der Waals surface area (Å²) in [5.41, 5.74) is 0.802. The number of carbonyl (C=O) groups is 2. The van der Waals surface area contributed by atoms with Crippen LogP contribution in [-0.4, -0.2) is 29.3 Å². The van der Waals surface area contributed by atoms with Gasteiger partial charge in [0.05, 0.1) is 0 Å². The van der Waals surface area contributed by atoms with Crippen molar-refractivity contribution in [2.75, 3.05) is 6.54 Å². The van der Waals surface area contributed by atoms with Crippen molar-refractivity contribution in [2.24, 2.45) is 5.92 Å². The van der Waals surface area contributed by atoms with E-state index in [2.05, 4.69) is 12.2 Å². The molecule has 0 saturated carbocycles. The molecule has 4 nitrogen and oxygen atoms in total. The smallest absolute Gasteiger partial charge is 0.242 e. The van der Waals surface area contributed by atoms with Crippen molar-refractivity contribution in [3.05, 3.63) is 35.6 Å². The van der Waals surface area contributed by atoms with Gasteiger partial charge in [0.15, 0.2) is 0 Å². The molecule has 1 aromatic carbocycles. The summed E-state index contributed by atoms with van der Waals surface area (Å²) in [6.07, 6.45) is 3.10. The van der Waals surface area contributed by atoms with Crippen LogP contribution < -0.4 is 5.32 Å². The Morgan fingerprint density at radius 2 is 1.75 bits per heavy atom. The van der Waals surface area contributed by atoms with Crippen LogP contribution in [0.3, 0.4) is 0 Å². The molecule has 134 valence electrons. The predicted octanol–water partition coefficient (Wildman–Crippen LogP) is 3.51. The molecule has 0 fully saturated rings. The number of nitrogens with zero attached hydrogens (tertiary/aromatic N) is 1. The van der Waals surface area contributed by atoms with Crippen LogP contribution >= 0.6 is 0 Å². The van der Waals surface area contributed by atoms with E-state index in [0.717, 1.165) is 24.8 Å². The van der Waals surface area contributed by atoms with Gasteiger partial charge in [-0.05, 0) is 31.0 Å². The second kappa shape index (κ2) is 10.1. The van der Waals surface area contributed by atoms with E-state index >= 15 is 0 Å². The van der Waals surface area contributed by atoms with Crippen LogP contribution in [0.2, 0.25) is 0 Å². The first-order valence-electron chi connectivity index (χ1n) is 8.69. The highest BCUT2D eigenvalue weighted by atomic mass is 19.1. The van der Waals surface area contributed by atoms with Gasteiger partial charge in [0, 0.05) is 19.0 Å². The van der Waals surface area contributed by atoms with Crippen LogP contribution in [0.1, 0.15) is 52.5 Å². The quantitative estimate of drug-likeness (QED) is 0.702. The zero-order valence-electron chi connectivity index (χ0n) is 15.1. The maximum atomic E-state index is 13.1. The molecule has 2 amide bonds. The van der Waals surface area contributed by atoms with Gasteiger partial charge in [-0.1, -0.05) is 45.7 Å². The summed E-state index contributed by atoms with van der Waals surface area (Å²) in [5.74, 6) is -0.763. The summed E-state index contributed by atoms with van der Waals surface area (Å²) in [6, 6.07) is 5.45. The molecule has 0 aliphatic rings. The number of benzene rings is 1. The summed E-state index contributed by atoms with van der Waals surface area (Å²) in [7, 11) is 0. The first kappa shape index (κ1) is 20.1. The lowest BCUT2D eigenvalue weighted by atomic mass is 10.1. The largest absolute Gasteiger partial charge is 0.354 e. The van der Waals surface area contributed by atoms with E-state index in [1.54, 1.807) is 24.0 Å². The fourth-order valence-corrected chi connectivity index (χ4v) is 2.40. The third kappa shape index (κ3) is 6.30. The topological polar surface area (TPSA) is 49.4 Å². The molecule has 1 atom stereocenters. The van der Waals surface area contributed by atoms with Gasteiger partial charge in [-0.2, -0.15) is 0 Å². The highest BCUT2D eigenvalue weighted by Crippen LogP contribution is 2.14. The highest BCUT2D eigenvalue weighted by molar-refractivity contribution is 5.88. The second-order valence-corrected chi connectivity index (χ2v) is 6.42. The van der Waals surface area contributed by atoms with Crippen molar-refractivity contribution >= 4 is 11.8 Å². The Morgan fingerprint density at radius 3 is 2.29 bits per heavy atom. The number of rotatable bonds is 9. The molecule has 0 unspecified atom stereocenters. The van der Waals surface area contributed by atoms with E-state index < -0.39 is 6.04 Å². The molecule has 0 spiro atoms. The van der Waals surface area contributed by atoms with E-state index in [-0.39, 0.29) is 23.5 Å². The Labute approximate surface area is 144 Å². The highest BCUT2D eigenvalue weighted by Gasteiger charge is 2.27. The molecule has 1 N–H and O–H groups in total. The molecule has 0 heterocycles. The Hall–Kier alpha value is -1.91. The zero-order valence-corrected chi connectivity index (χ0v) is 15.1. The fraction of sp³-hybridized carbons (Fsp3) is 0.579.